The van der Waals surface area contributed by atoms with Crippen LogP contribution in [0.2, 0.25) is 0 Å². The zero-order valence-electron chi connectivity index (χ0n) is 10.9. The number of benzene rings is 1. The Bertz CT molecular complexity index is 683. The van der Waals surface area contributed by atoms with Crippen LogP contribution in [0.25, 0.3) is 0 Å². The van der Waals surface area contributed by atoms with Crippen LogP contribution in [-0.4, -0.2) is 10.9 Å². The van der Waals surface area contributed by atoms with E-state index >= 15 is 0 Å². The van der Waals surface area contributed by atoms with Crippen LogP contribution in [0.3, 0.4) is 0 Å². The first kappa shape index (κ1) is 12.5. The van der Waals surface area contributed by atoms with E-state index in [0.29, 0.717) is 17.0 Å². The number of primary amides is 1. The van der Waals surface area contributed by atoms with Gasteiger partial charge in [-0.1, -0.05) is 6.07 Å². The van der Waals surface area contributed by atoms with Crippen LogP contribution in [0.4, 0.5) is 5.69 Å². The van der Waals surface area contributed by atoms with Crippen LogP contribution < -0.4 is 16.2 Å². The lowest BCUT2D eigenvalue weighted by molar-refractivity contribution is 0.0997. The van der Waals surface area contributed by atoms with E-state index in [2.05, 4.69) is 4.98 Å². The first-order chi connectivity index (χ1) is 9.63. The van der Waals surface area contributed by atoms with E-state index in [-0.39, 0.29) is 5.88 Å². The number of hydrogen-bond acceptors (Lipinski definition) is 4. The highest BCUT2D eigenvalue weighted by Gasteiger charge is 2.20. The summed E-state index contributed by atoms with van der Waals surface area (Å²) >= 11 is 0. The lowest BCUT2D eigenvalue weighted by Crippen LogP contribution is -2.14. The quantitative estimate of drug-likeness (QED) is 0.834. The summed E-state index contributed by atoms with van der Waals surface area (Å²) in [5, 5.41) is 0. The molecule has 0 radical (unpaired) electrons. The zero-order chi connectivity index (χ0) is 14.1. The molecule has 1 aliphatic rings. The Balaban J connectivity index is 2.01. The van der Waals surface area contributed by atoms with Crippen molar-refractivity contribution in [2.75, 3.05) is 5.73 Å². The lowest BCUT2D eigenvalue weighted by atomic mass is 10.1. The molecule has 5 heteroatoms. The lowest BCUT2D eigenvalue weighted by Gasteiger charge is -2.11. The van der Waals surface area contributed by atoms with Gasteiger partial charge in [0.05, 0.1) is 0 Å². The van der Waals surface area contributed by atoms with Crippen molar-refractivity contribution in [2.45, 2.75) is 19.3 Å². The van der Waals surface area contributed by atoms with Crippen molar-refractivity contribution < 1.29 is 9.53 Å². The van der Waals surface area contributed by atoms with Crippen LogP contribution in [-0.2, 0) is 12.8 Å². The molecule has 5 nitrogen and oxygen atoms in total. The van der Waals surface area contributed by atoms with Crippen molar-refractivity contribution in [1.82, 2.24) is 4.98 Å². The molecule has 4 N–H and O–H groups in total. The average Bonchev–Trinajstić information content (AvgIpc) is 2.84. The van der Waals surface area contributed by atoms with Crippen LogP contribution in [0.15, 0.2) is 30.3 Å². The number of aromatic nitrogens is 1. The highest BCUT2D eigenvalue weighted by molar-refractivity contribution is 5.95. The van der Waals surface area contributed by atoms with Gasteiger partial charge in [0.1, 0.15) is 11.3 Å². The summed E-state index contributed by atoms with van der Waals surface area (Å²) in [6.07, 6.45) is 2.88. The highest BCUT2D eigenvalue weighted by Crippen LogP contribution is 2.29. The van der Waals surface area contributed by atoms with Crippen molar-refractivity contribution in [1.29, 1.82) is 0 Å². The number of ether oxygens (including phenoxy) is 1. The van der Waals surface area contributed by atoms with Crippen molar-refractivity contribution in [2.24, 2.45) is 5.73 Å². The topological polar surface area (TPSA) is 91.2 Å². The summed E-state index contributed by atoms with van der Waals surface area (Å²) in [5.41, 5.74) is 14.1. The van der Waals surface area contributed by atoms with Gasteiger partial charge in [-0.05, 0) is 43.0 Å². The minimum atomic E-state index is -0.536. The van der Waals surface area contributed by atoms with Crippen LogP contribution >= 0.6 is 0 Å². The van der Waals surface area contributed by atoms with Gasteiger partial charge < -0.3 is 16.2 Å². The molecule has 0 aliphatic heterocycles. The van der Waals surface area contributed by atoms with E-state index in [1.54, 1.807) is 30.3 Å². The second-order valence-corrected chi connectivity index (χ2v) is 4.84. The molecule has 1 aromatic heterocycles. The molecule has 0 saturated heterocycles. The number of aryl methyl sites for hydroxylation is 2. The van der Waals surface area contributed by atoms with E-state index in [0.717, 1.165) is 30.5 Å². The van der Waals surface area contributed by atoms with Crippen LogP contribution in [0.1, 0.15) is 28.0 Å². The molecule has 102 valence electrons. The second kappa shape index (κ2) is 4.85. The molecule has 1 aromatic carbocycles. The summed E-state index contributed by atoms with van der Waals surface area (Å²) in [6, 6.07) is 8.77. The maximum absolute atomic E-state index is 11.6. The van der Waals surface area contributed by atoms with Crippen molar-refractivity contribution >= 4 is 11.6 Å². The molecule has 2 aromatic rings. The van der Waals surface area contributed by atoms with Crippen molar-refractivity contribution in [3.8, 4) is 11.6 Å². The molecule has 0 saturated carbocycles. The minimum Gasteiger partial charge on any atom is -0.438 e. The molecule has 0 atom stereocenters. The summed E-state index contributed by atoms with van der Waals surface area (Å²) < 4.78 is 5.68. The van der Waals surface area contributed by atoms with Crippen LogP contribution in [0.5, 0.6) is 11.6 Å². The molecule has 1 amide bonds. The fraction of sp³-hybridized carbons (Fsp3) is 0.200. The van der Waals surface area contributed by atoms with Gasteiger partial charge in [-0.25, -0.2) is 4.98 Å². The summed E-state index contributed by atoms with van der Waals surface area (Å²) in [6.45, 7) is 0. The molecule has 0 fully saturated rings. The maximum atomic E-state index is 11.6. The predicted molar refractivity (Wildman–Crippen MR) is 75.7 cm³/mol. The Labute approximate surface area is 116 Å². The van der Waals surface area contributed by atoms with Gasteiger partial charge >= 0.3 is 0 Å². The van der Waals surface area contributed by atoms with E-state index < -0.39 is 5.91 Å². The van der Waals surface area contributed by atoms with Crippen LogP contribution in [0, 0.1) is 0 Å². The third kappa shape index (κ3) is 2.30. The van der Waals surface area contributed by atoms with Gasteiger partial charge in [0.15, 0.2) is 0 Å². The summed E-state index contributed by atoms with van der Waals surface area (Å²) in [7, 11) is 0. The van der Waals surface area contributed by atoms with E-state index in [1.165, 1.54) is 0 Å². The first-order valence-electron chi connectivity index (χ1n) is 6.49. The Morgan fingerprint density at radius 3 is 2.85 bits per heavy atom. The number of fused-ring (bicyclic) bond motifs is 1. The number of carbonyl (C=O) groups is 1. The monoisotopic (exact) mass is 269 g/mol. The van der Waals surface area contributed by atoms with Gasteiger partial charge in [0.25, 0.3) is 5.91 Å². The predicted octanol–water partition coefficient (Wildman–Crippen LogP) is 2.04. The Morgan fingerprint density at radius 1 is 1.25 bits per heavy atom. The van der Waals surface area contributed by atoms with E-state index in [4.69, 9.17) is 16.2 Å². The molecule has 0 bridgehead atoms. The number of nitrogens with two attached hydrogens (primary N) is 2. The number of hydrogen-bond donors (Lipinski definition) is 2. The SMILES string of the molecule is NC(=O)c1cc2c(nc1Oc1cccc(N)c1)CCC2. The molecule has 1 heterocycles. The zero-order valence-corrected chi connectivity index (χ0v) is 10.9. The molecule has 3 rings (SSSR count). The Morgan fingerprint density at radius 2 is 2.10 bits per heavy atom. The Kier molecular flexibility index (Phi) is 3.02. The number of nitrogens with zero attached hydrogens (tertiary/aromatic N) is 1. The average molecular weight is 269 g/mol. The smallest absolute Gasteiger partial charge is 0.254 e. The highest BCUT2D eigenvalue weighted by atomic mass is 16.5. The normalized spacial score (nSPS) is 13.0. The number of pyridine rings is 1. The minimum absolute atomic E-state index is 0.253. The number of rotatable bonds is 3. The molecular formula is C15H15N3O2. The fourth-order valence-corrected chi connectivity index (χ4v) is 2.40. The second-order valence-electron chi connectivity index (χ2n) is 4.84. The number of carbonyl (C=O) groups excluding carboxylic acids is 1. The van der Waals surface area contributed by atoms with Crippen molar-refractivity contribution in [3.63, 3.8) is 0 Å². The molecule has 0 spiro atoms. The largest absolute Gasteiger partial charge is 0.438 e. The molecule has 1 aliphatic carbocycles. The standard InChI is InChI=1S/C15H15N3O2/c16-10-4-2-5-11(8-10)20-15-12(14(17)19)7-9-3-1-6-13(9)18-15/h2,4-5,7-8H,1,3,6,16H2,(H2,17,19). The van der Waals surface area contributed by atoms with Gasteiger partial charge in [0, 0.05) is 17.4 Å². The first-order valence-corrected chi connectivity index (χ1v) is 6.49. The molecule has 20 heavy (non-hydrogen) atoms. The Hall–Kier alpha value is -2.56. The third-order valence-corrected chi connectivity index (χ3v) is 3.35. The third-order valence-electron chi connectivity index (χ3n) is 3.35. The number of amides is 1. The summed E-state index contributed by atoms with van der Waals surface area (Å²) in [4.78, 5) is 16.0. The molecular weight excluding hydrogens is 254 g/mol. The molecule has 0 unspecified atom stereocenters. The maximum Gasteiger partial charge on any atom is 0.254 e. The van der Waals surface area contributed by atoms with Crippen molar-refractivity contribution in [3.05, 3.63) is 47.2 Å². The van der Waals surface area contributed by atoms with Gasteiger partial charge in [0.2, 0.25) is 5.88 Å². The summed E-state index contributed by atoms with van der Waals surface area (Å²) in [5.74, 6) is 0.257. The fourth-order valence-electron chi connectivity index (χ4n) is 2.40. The van der Waals surface area contributed by atoms with Gasteiger partial charge in [-0.2, -0.15) is 0 Å². The van der Waals surface area contributed by atoms with Gasteiger partial charge in [-0.3, -0.25) is 4.79 Å². The van der Waals surface area contributed by atoms with E-state index in [1.807, 2.05) is 0 Å². The number of anilines is 1. The number of nitrogen functional groups attached to an aromatic ring is 1. The van der Waals surface area contributed by atoms with Gasteiger partial charge in [-0.15, -0.1) is 0 Å². The van der Waals surface area contributed by atoms with E-state index in [9.17, 15) is 4.79 Å².